The minimum atomic E-state index is -0.0908. The number of benzene rings is 9. The fourth-order valence-corrected chi connectivity index (χ4v) is 9.53. The monoisotopic (exact) mass is 755 g/mol. The molecule has 1 heterocycles. The number of nitrogens with zero attached hydrogens (tertiary/aromatic N) is 1. The van der Waals surface area contributed by atoms with Crippen LogP contribution in [0.5, 0.6) is 0 Å². The van der Waals surface area contributed by atoms with E-state index in [1.54, 1.807) is 0 Å². The second-order valence-electron chi connectivity index (χ2n) is 16.0. The molecule has 0 fully saturated rings. The van der Waals surface area contributed by atoms with Crippen LogP contribution in [0.2, 0.25) is 0 Å². The van der Waals surface area contributed by atoms with Crippen molar-refractivity contribution in [1.82, 2.24) is 0 Å². The summed E-state index contributed by atoms with van der Waals surface area (Å²) in [6, 6.07) is 76.9. The Morgan fingerprint density at radius 2 is 0.898 bits per heavy atom. The van der Waals surface area contributed by atoms with E-state index >= 15 is 0 Å². The van der Waals surface area contributed by atoms with Crippen molar-refractivity contribution >= 4 is 39.0 Å². The summed E-state index contributed by atoms with van der Waals surface area (Å²) in [5.74, 6) is 0. The van der Waals surface area contributed by atoms with E-state index in [1.807, 2.05) is 6.07 Å². The molecule has 2 heteroatoms. The molecule has 2 nitrogen and oxygen atoms in total. The number of hydrogen-bond acceptors (Lipinski definition) is 2. The molecule has 0 saturated heterocycles. The highest BCUT2D eigenvalue weighted by Crippen LogP contribution is 2.53. The summed E-state index contributed by atoms with van der Waals surface area (Å²) < 4.78 is 6.57. The number of anilines is 3. The quantitative estimate of drug-likeness (QED) is 0.161. The van der Waals surface area contributed by atoms with E-state index in [9.17, 15) is 0 Å². The maximum atomic E-state index is 6.57. The minimum absolute atomic E-state index is 0.0908. The largest absolute Gasteiger partial charge is 0.456 e. The molecule has 1 aliphatic rings. The Labute approximate surface area is 345 Å². The highest BCUT2D eigenvalue weighted by atomic mass is 16.3. The Morgan fingerprint density at radius 1 is 0.356 bits per heavy atom. The molecule has 0 unspecified atom stereocenters. The van der Waals surface area contributed by atoms with Gasteiger partial charge in [-0.2, -0.15) is 0 Å². The number of furan rings is 1. The molecule has 0 amide bonds. The zero-order valence-electron chi connectivity index (χ0n) is 33.1. The van der Waals surface area contributed by atoms with Crippen molar-refractivity contribution in [1.29, 1.82) is 0 Å². The van der Waals surface area contributed by atoms with Gasteiger partial charge < -0.3 is 9.32 Å². The van der Waals surface area contributed by atoms with Gasteiger partial charge >= 0.3 is 0 Å². The van der Waals surface area contributed by atoms with Gasteiger partial charge in [0.2, 0.25) is 0 Å². The van der Waals surface area contributed by atoms with Crippen molar-refractivity contribution in [3.8, 4) is 55.6 Å². The van der Waals surface area contributed by atoms with Crippen molar-refractivity contribution < 1.29 is 4.42 Å². The molecule has 59 heavy (non-hydrogen) atoms. The summed E-state index contributed by atoms with van der Waals surface area (Å²) in [5.41, 5.74) is 19.6. The van der Waals surface area contributed by atoms with Crippen molar-refractivity contribution in [3.63, 3.8) is 0 Å². The Bertz CT molecular complexity index is 3190. The molecule has 1 aliphatic carbocycles. The first-order chi connectivity index (χ1) is 29.0. The average molecular weight is 756 g/mol. The summed E-state index contributed by atoms with van der Waals surface area (Å²) in [5, 5.41) is 2.22. The molecule has 0 radical (unpaired) electrons. The maximum absolute atomic E-state index is 6.57. The van der Waals surface area contributed by atoms with Crippen LogP contribution in [-0.2, 0) is 5.41 Å². The van der Waals surface area contributed by atoms with Gasteiger partial charge in [-0.25, -0.2) is 0 Å². The summed E-state index contributed by atoms with van der Waals surface area (Å²) in [4.78, 5) is 2.43. The van der Waals surface area contributed by atoms with E-state index < -0.39 is 0 Å². The third-order valence-electron chi connectivity index (χ3n) is 12.3. The first kappa shape index (κ1) is 34.8. The lowest BCUT2D eigenvalue weighted by atomic mass is 9.82. The molecule has 0 saturated carbocycles. The van der Waals surface area contributed by atoms with Crippen LogP contribution in [-0.4, -0.2) is 0 Å². The highest BCUT2D eigenvalue weighted by molar-refractivity contribution is 6.07. The lowest BCUT2D eigenvalue weighted by Gasteiger charge is -2.30. The number of hydrogen-bond donors (Lipinski definition) is 0. The molecular formula is C57H41NO. The normalized spacial score (nSPS) is 12.7. The van der Waals surface area contributed by atoms with Gasteiger partial charge in [-0.1, -0.05) is 184 Å². The van der Waals surface area contributed by atoms with Crippen LogP contribution in [0.25, 0.3) is 77.6 Å². The van der Waals surface area contributed by atoms with E-state index in [0.717, 1.165) is 55.7 Å². The van der Waals surface area contributed by atoms with Crippen molar-refractivity contribution in [3.05, 3.63) is 223 Å². The highest BCUT2D eigenvalue weighted by Gasteiger charge is 2.36. The molecule has 0 bridgehead atoms. The van der Waals surface area contributed by atoms with Gasteiger partial charge in [-0.05, 0) is 97.6 Å². The van der Waals surface area contributed by atoms with Gasteiger partial charge in [0.15, 0.2) is 0 Å². The van der Waals surface area contributed by atoms with Crippen molar-refractivity contribution in [2.24, 2.45) is 0 Å². The summed E-state index contributed by atoms with van der Waals surface area (Å²) in [6.45, 7) is 4.70. The first-order valence-corrected chi connectivity index (χ1v) is 20.4. The van der Waals surface area contributed by atoms with Crippen LogP contribution in [0.1, 0.15) is 25.0 Å². The van der Waals surface area contributed by atoms with Gasteiger partial charge in [0, 0.05) is 39.2 Å². The summed E-state index contributed by atoms with van der Waals surface area (Å²) >= 11 is 0. The zero-order valence-corrected chi connectivity index (χ0v) is 33.1. The predicted molar refractivity (Wildman–Crippen MR) is 248 cm³/mol. The third kappa shape index (κ3) is 5.71. The molecule has 1 aromatic heterocycles. The zero-order chi connectivity index (χ0) is 39.5. The third-order valence-corrected chi connectivity index (χ3v) is 12.3. The lowest BCUT2D eigenvalue weighted by molar-refractivity contribution is 0.660. The molecular weight excluding hydrogens is 715 g/mol. The first-order valence-electron chi connectivity index (χ1n) is 20.4. The average Bonchev–Trinajstić information content (AvgIpc) is 3.78. The fraction of sp³-hybridized carbons (Fsp3) is 0.0526. The summed E-state index contributed by atoms with van der Waals surface area (Å²) in [7, 11) is 0. The lowest BCUT2D eigenvalue weighted by Crippen LogP contribution is -2.14. The fourth-order valence-electron chi connectivity index (χ4n) is 9.53. The van der Waals surface area contributed by atoms with Crippen molar-refractivity contribution in [2.45, 2.75) is 19.3 Å². The van der Waals surface area contributed by atoms with Crippen LogP contribution in [0.15, 0.2) is 217 Å². The van der Waals surface area contributed by atoms with Crippen LogP contribution < -0.4 is 4.90 Å². The van der Waals surface area contributed by atoms with E-state index in [4.69, 9.17) is 4.42 Å². The molecule has 280 valence electrons. The number of fused-ring (bicyclic) bond motifs is 6. The van der Waals surface area contributed by atoms with E-state index in [1.165, 1.54) is 50.1 Å². The van der Waals surface area contributed by atoms with E-state index in [-0.39, 0.29) is 5.41 Å². The molecule has 11 rings (SSSR count). The molecule has 0 N–H and O–H groups in total. The number of rotatable bonds is 7. The number of para-hydroxylation sites is 1. The predicted octanol–water partition coefficient (Wildman–Crippen LogP) is 16.0. The smallest absolute Gasteiger partial charge is 0.137 e. The maximum Gasteiger partial charge on any atom is 0.137 e. The van der Waals surface area contributed by atoms with Gasteiger partial charge in [0.25, 0.3) is 0 Å². The van der Waals surface area contributed by atoms with Crippen LogP contribution in [0.3, 0.4) is 0 Å². The molecule has 0 aliphatic heterocycles. The minimum Gasteiger partial charge on any atom is -0.456 e. The second kappa shape index (κ2) is 13.9. The van der Waals surface area contributed by atoms with Gasteiger partial charge in [-0.15, -0.1) is 0 Å². The molecule has 0 atom stereocenters. The Hall–Kier alpha value is -7.42. The van der Waals surface area contributed by atoms with Gasteiger partial charge in [0.1, 0.15) is 11.2 Å². The standard InChI is InChI=1S/C57H41NO/c1-57(2)50-30-13-11-27-49(50)55-45(28-16-31-51(55)57)40-22-15-23-41(36-40)58(42-34-35-47-46-25-12-14-33-53(46)59-54(47)37-42)52-32-17-29-44(39-20-7-4-8-21-39)56(52)48-26-10-9-24-43(48)38-18-5-3-6-19-38/h3-37H,1-2H3. The van der Waals surface area contributed by atoms with E-state index in [2.05, 4.69) is 225 Å². The van der Waals surface area contributed by atoms with Gasteiger partial charge in [0.05, 0.1) is 5.69 Å². The van der Waals surface area contributed by atoms with Crippen LogP contribution in [0, 0.1) is 0 Å². The summed E-state index contributed by atoms with van der Waals surface area (Å²) in [6.07, 6.45) is 0. The van der Waals surface area contributed by atoms with Crippen LogP contribution in [0.4, 0.5) is 17.1 Å². The molecule has 0 spiro atoms. The second-order valence-corrected chi connectivity index (χ2v) is 16.0. The van der Waals surface area contributed by atoms with Crippen molar-refractivity contribution in [2.75, 3.05) is 4.90 Å². The van der Waals surface area contributed by atoms with E-state index in [0.29, 0.717) is 0 Å². The van der Waals surface area contributed by atoms with Gasteiger partial charge in [-0.3, -0.25) is 0 Å². The SMILES string of the molecule is CC1(C)c2ccccc2-c2c(-c3cccc(N(c4ccc5c(c4)oc4ccccc45)c4cccc(-c5ccccc5)c4-c4ccccc4-c4ccccc4)c3)cccc21. The Kier molecular flexibility index (Phi) is 8.20. The topological polar surface area (TPSA) is 16.4 Å². The van der Waals surface area contributed by atoms with Crippen LogP contribution >= 0.6 is 0 Å². The Morgan fingerprint density at radius 3 is 1.69 bits per heavy atom. The molecule has 10 aromatic rings. The molecule has 9 aromatic carbocycles. The Balaban J connectivity index is 1.19.